The SMILES string of the molecule is CCCCCCCCCCCC(=O)OC(=O)CN(C)O. The third-order valence-corrected chi connectivity index (χ3v) is 3.07. The van der Waals surface area contributed by atoms with E-state index in [4.69, 9.17) is 5.21 Å². The van der Waals surface area contributed by atoms with Gasteiger partial charge in [0.15, 0.2) is 0 Å². The van der Waals surface area contributed by atoms with Gasteiger partial charge < -0.3 is 9.94 Å². The van der Waals surface area contributed by atoms with Crippen molar-refractivity contribution in [2.24, 2.45) is 0 Å². The van der Waals surface area contributed by atoms with Crippen molar-refractivity contribution in [3.05, 3.63) is 0 Å². The van der Waals surface area contributed by atoms with Gasteiger partial charge in [-0.3, -0.25) is 9.59 Å². The summed E-state index contributed by atoms with van der Waals surface area (Å²) in [5.41, 5.74) is 0. The highest BCUT2D eigenvalue weighted by atomic mass is 16.6. The lowest BCUT2D eigenvalue weighted by Crippen LogP contribution is -2.26. The van der Waals surface area contributed by atoms with Gasteiger partial charge in [-0.15, -0.1) is 0 Å². The van der Waals surface area contributed by atoms with Crippen molar-refractivity contribution in [3.63, 3.8) is 0 Å². The molecule has 5 heteroatoms. The van der Waals surface area contributed by atoms with Gasteiger partial charge in [0.1, 0.15) is 6.54 Å². The predicted octanol–water partition coefficient (Wildman–Crippen LogP) is 3.30. The second kappa shape index (κ2) is 13.1. The van der Waals surface area contributed by atoms with E-state index in [-0.39, 0.29) is 13.0 Å². The first kappa shape index (κ1) is 19.1. The summed E-state index contributed by atoms with van der Waals surface area (Å²) in [5.74, 6) is -1.21. The number of carbonyl (C=O) groups excluding carboxylic acids is 2. The topological polar surface area (TPSA) is 66.8 Å². The van der Waals surface area contributed by atoms with Crippen LogP contribution in [0.25, 0.3) is 0 Å². The number of hydrogen-bond acceptors (Lipinski definition) is 5. The zero-order chi connectivity index (χ0) is 15.2. The molecule has 0 rings (SSSR count). The van der Waals surface area contributed by atoms with E-state index in [0.29, 0.717) is 5.06 Å². The molecule has 0 aliphatic rings. The van der Waals surface area contributed by atoms with Crippen molar-refractivity contribution >= 4 is 11.9 Å². The molecule has 1 N–H and O–H groups in total. The van der Waals surface area contributed by atoms with Crippen molar-refractivity contribution in [1.29, 1.82) is 0 Å². The van der Waals surface area contributed by atoms with Crippen LogP contribution in [0.4, 0.5) is 0 Å². The summed E-state index contributed by atoms with van der Waals surface area (Å²) in [7, 11) is 1.33. The van der Waals surface area contributed by atoms with Crippen LogP contribution in [0.3, 0.4) is 0 Å². The molecule has 0 unspecified atom stereocenters. The Kier molecular flexibility index (Phi) is 12.4. The lowest BCUT2D eigenvalue weighted by Gasteiger charge is -2.06. The summed E-state index contributed by atoms with van der Waals surface area (Å²) in [5, 5.41) is 9.50. The van der Waals surface area contributed by atoms with E-state index in [0.717, 1.165) is 19.3 Å². The standard InChI is InChI=1S/C15H29NO4/c1-3-4-5-6-7-8-9-10-11-12-14(17)20-15(18)13-16(2)19/h19H,3-13H2,1-2H3. The average Bonchev–Trinajstić information content (AvgIpc) is 2.35. The van der Waals surface area contributed by atoms with E-state index in [1.54, 1.807) is 0 Å². The normalized spacial score (nSPS) is 10.8. The molecule has 118 valence electrons. The maximum Gasteiger partial charge on any atom is 0.330 e. The largest absolute Gasteiger partial charge is 0.392 e. The first-order chi connectivity index (χ1) is 9.56. The van der Waals surface area contributed by atoms with E-state index < -0.39 is 11.9 Å². The van der Waals surface area contributed by atoms with Crippen LogP contribution in [0, 0.1) is 0 Å². The lowest BCUT2D eigenvalue weighted by atomic mass is 10.1. The molecule has 0 spiro atoms. The lowest BCUT2D eigenvalue weighted by molar-refractivity contribution is -0.166. The van der Waals surface area contributed by atoms with Crippen LogP contribution in [0.1, 0.15) is 71.1 Å². The molecule has 0 bridgehead atoms. The van der Waals surface area contributed by atoms with Crippen molar-refractivity contribution in [3.8, 4) is 0 Å². The smallest absolute Gasteiger partial charge is 0.330 e. The van der Waals surface area contributed by atoms with Gasteiger partial charge in [0.2, 0.25) is 0 Å². The molecule has 0 aromatic rings. The Morgan fingerprint density at radius 2 is 1.40 bits per heavy atom. The Hall–Kier alpha value is -0.940. The van der Waals surface area contributed by atoms with Gasteiger partial charge >= 0.3 is 11.9 Å². The van der Waals surface area contributed by atoms with Crippen LogP contribution < -0.4 is 0 Å². The van der Waals surface area contributed by atoms with Gasteiger partial charge in [-0.1, -0.05) is 58.3 Å². The maximum atomic E-state index is 11.3. The number of ether oxygens (including phenoxy) is 1. The minimum absolute atomic E-state index is 0.275. The van der Waals surface area contributed by atoms with Crippen LogP contribution in [0.5, 0.6) is 0 Å². The summed E-state index contributed by atoms with van der Waals surface area (Å²) in [4.78, 5) is 22.4. The second-order valence-electron chi connectivity index (χ2n) is 5.24. The zero-order valence-corrected chi connectivity index (χ0v) is 12.9. The first-order valence-electron chi connectivity index (χ1n) is 7.69. The van der Waals surface area contributed by atoms with Crippen molar-refractivity contribution in [1.82, 2.24) is 5.06 Å². The van der Waals surface area contributed by atoms with Crippen molar-refractivity contribution in [2.45, 2.75) is 71.1 Å². The van der Waals surface area contributed by atoms with Crippen molar-refractivity contribution in [2.75, 3.05) is 13.6 Å². The molecule has 0 saturated heterocycles. The molecule has 5 nitrogen and oxygen atoms in total. The monoisotopic (exact) mass is 287 g/mol. The number of hydroxylamine groups is 2. The molecule has 0 fully saturated rings. The highest BCUT2D eigenvalue weighted by molar-refractivity contribution is 5.86. The third kappa shape index (κ3) is 13.5. The second-order valence-corrected chi connectivity index (χ2v) is 5.24. The van der Waals surface area contributed by atoms with Crippen LogP contribution in [0.2, 0.25) is 0 Å². The Morgan fingerprint density at radius 1 is 0.900 bits per heavy atom. The predicted molar refractivity (Wildman–Crippen MR) is 77.4 cm³/mol. The highest BCUT2D eigenvalue weighted by Gasteiger charge is 2.11. The summed E-state index contributed by atoms with van der Waals surface area (Å²) in [6.45, 7) is 1.92. The molecular weight excluding hydrogens is 258 g/mol. The molecule has 0 heterocycles. The van der Waals surface area contributed by atoms with Gasteiger partial charge in [0.25, 0.3) is 0 Å². The number of rotatable bonds is 12. The Balaban J connectivity index is 3.33. The zero-order valence-electron chi connectivity index (χ0n) is 12.9. The molecule has 0 aliphatic carbocycles. The molecule has 0 radical (unpaired) electrons. The van der Waals surface area contributed by atoms with E-state index in [1.165, 1.54) is 45.6 Å². The van der Waals surface area contributed by atoms with Gasteiger partial charge in [-0.25, -0.2) is 0 Å². The molecule has 0 saturated carbocycles. The van der Waals surface area contributed by atoms with Crippen molar-refractivity contribution < 1.29 is 19.5 Å². The highest BCUT2D eigenvalue weighted by Crippen LogP contribution is 2.10. The third-order valence-electron chi connectivity index (χ3n) is 3.07. The molecule has 0 amide bonds. The molecule has 0 aliphatic heterocycles. The Labute approximate surface area is 122 Å². The fourth-order valence-corrected chi connectivity index (χ4v) is 1.98. The van der Waals surface area contributed by atoms with E-state index >= 15 is 0 Å². The summed E-state index contributed by atoms with van der Waals surface area (Å²) in [6, 6.07) is 0. The van der Waals surface area contributed by atoms with Crippen LogP contribution in [-0.2, 0) is 14.3 Å². The number of esters is 2. The van der Waals surface area contributed by atoms with Gasteiger partial charge in [0, 0.05) is 13.5 Å². The molecule has 20 heavy (non-hydrogen) atoms. The number of nitrogens with zero attached hydrogens (tertiary/aromatic N) is 1. The first-order valence-corrected chi connectivity index (χ1v) is 7.69. The molecule has 0 aromatic carbocycles. The fraction of sp³-hybridized carbons (Fsp3) is 0.867. The minimum atomic E-state index is -0.712. The summed E-state index contributed by atoms with van der Waals surface area (Å²) >= 11 is 0. The number of carbonyl (C=O) groups is 2. The van der Waals surface area contributed by atoms with Crippen LogP contribution >= 0.6 is 0 Å². The fourth-order valence-electron chi connectivity index (χ4n) is 1.98. The van der Waals surface area contributed by atoms with Crippen LogP contribution in [-0.4, -0.2) is 35.8 Å². The minimum Gasteiger partial charge on any atom is -0.392 e. The summed E-state index contributed by atoms with van der Waals surface area (Å²) in [6.07, 6.45) is 10.9. The molecular formula is C15H29NO4. The number of likely N-dealkylation sites (N-methyl/N-ethyl adjacent to an activating group) is 1. The number of hydrogen-bond donors (Lipinski definition) is 1. The van der Waals surface area contributed by atoms with Gasteiger partial charge in [0.05, 0.1) is 0 Å². The average molecular weight is 287 g/mol. The quantitative estimate of drug-likeness (QED) is 0.258. The van der Waals surface area contributed by atoms with Crippen LogP contribution in [0.15, 0.2) is 0 Å². The van der Waals surface area contributed by atoms with E-state index in [9.17, 15) is 9.59 Å². The van der Waals surface area contributed by atoms with E-state index in [1.807, 2.05) is 0 Å². The van der Waals surface area contributed by atoms with Gasteiger partial charge in [-0.05, 0) is 6.42 Å². The van der Waals surface area contributed by atoms with E-state index in [2.05, 4.69) is 11.7 Å². The Morgan fingerprint density at radius 3 is 1.90 bits per heavy atom. The number of unbranched alkanes of at least 4 members (excludes halogenated alkanes) is 8. The Bertz CT molecular complexity index is 267. The summed E-state index contributed by atoms with van der Waals surface area (Å²) < 4.78 is 4.55. The molecule has 0 atom stereocenters. The van der Waals surface area contributed by atoms with Gasteiger partial charge in [-0.2, -0.15) is 5.06 Å². The maximum absolute atomic E-state index is 11.3. The molecule has 0 aromatic heterocycles.